The Kier molecular flexibility index (Phi) is 5.59. The molecular formula is C15H25NO3S. The first-order valence-corrected chi connectivity index (χ1v) is 8.55. The number of hydrogen-bond donors (Lipinski definition) is 1. The third-order valence-corrected chi connectivity index (χ3v) is 4.28. The van der Waals surface area contributed by atoms with Crippen LogP contribution in [0.25, 0.3) is 0 Å². The van der Waals surface area contributed by atoms with Crippen LogP contribution in [0.5, 0.6) is 5.75 Å². The molecule has 0 radical (unpaired) electrons. The molecule has 0 aliphatic heterocycles. The van der Waals surface area contributed by atoms with Gasteiger partial charge in [-0.3, -0.25) is 0 Å². The molecule has 0 saturated heterocycles. The summed E-state index contributed by atoms with van der Waals surface area (Å²) in [6.45, 7) is 8.41. The van der Waals surface area contributed by atoms with E-state index in [1.165, 1.54) is 5.56 Å². The van der Waals surface area contributed by atoms with Crippen LogP contribution in [0.3, 0.4) is 0 Å². The molecule has 1 unspecified atom stereocenters. The van der Waals surface area contributed by atoms with E-state index in [1.807, 2.05) is 45.0 Å². The Morgan fingerprint density at radius 3 is 2.45 bits per heavy atom. The molecule has 0 heterocycles. The Labute approximate surface area is 122 Å². The summed E-state index contributed by atoms with van der Waals surface area (Å²) in [6, 6.07) is 7.85. The van der Waals surface area contributed by atoms with Crippen molar-refractivity contribution in [2.75, 3.05) is 12.4 Å². The normalized spacial score (nSPS) is 14.1. The Morgan fingerprint density at radius 2 is 1.95 bits per heavy atom. The molecule has 0 amide bonds. The van der Waals surface area contributed by atoms with E-state index in [2.05, 4.69) is 6.92 Å². The molecular weight excluding hydrogens is 274 g/mol. The summed E-state index contributed by atoms with van der Waals surface area (Å²) in [5.74, 6) is 0.556. The minimum Gasteiger partial charge on any atom is -0.493 e. The minimum absolute atomic E-state index is 0.0655. The van der Waals surface area contributed by atoms with Crippen molar-refractivity contribution < 1.29 is 13.2 Å². The third kappa shape index (κ3) is 5.92. The molecule has 114 valence electrons. The van der Waals surface area contributed by atoms with E-state index in [0.717, 1.165) is 12.2 Å². The van der Waals surface area contributed by atoms with Crippen molar-refractivity contribution in [2.45, 2.75) is 34.1 Å². The van der Waals surface area contributed by atoms with Gasteiger partial charge in [-0.1, -0.05) is 39.8 Å². The summed E-state index contributed by atoms with van der Waals surface area (Å²) in [7, 11) is -3.50. The van der Waals surface area contributed by atoms with Gasteiger partial charge >= 0.3 is 0 Å². The van der Waals surface area contributed by atoms with Crippen LogP contribution in [0.1, 0.15) is 33.3 Å². The summed E-state index contributed by atoms with van der Waals surface area (Å²) in [5.41, 5.74) is 1.01. The predicted molar refractivity (Wildman–Crippen MR) is 82.2 cm³/mol. The van der Waals surface area contributed by atoms with Gasteiger partial charge in [0.15, 0.2) is 0 Å². The highest BCUT2D eigenvalue weighted by Gasteiger charge is 2.29. The lowest BCUT2D eigenvalue weighted by atomic mass is 9.82. The third-order valence-electron chi connectivity index (χ3n) is 3.42. The second kappa shape index (κ2) is 6.59. The van der Waals surface area contributed by atoms with Gasteiger partial charge in [-0.05, 0) is 29.5 Å². The molecule has 0 aliphatic rings. The number of ether oxygens (including phenoxy) is 1. The first-order valence-electron chi connectivity index (χ1n) is 6.84. The second-order valence-corrected chi connectivity index (χ2v) is 7.86. The van der Waals surface area contributed by atoms with Gasteiger partial charge in [-0.25, -0.2) is 13.6 Å². The van der Waals surface area contributed by atoms with Crippen LogP contribution in [0.2, 0.25) is 0 Å². The zero-order valence-corrected chi connectivity index (χ0v) is 13.5. The SMILES string of the molecule is CCc1cccc(OCC(CS(N)(=O)=O)C(C)(C)C)c1. The van der Waals surface area contributed by atoms with E-state index in [9.17, 15) is 8.42 Å². The van der Waals surface area contributed by atoms with Crippen LogP contribution in [0, 0.1) is 11.3 Å². The maximum atomic E-state index is 11.3. The summed E-state index contributed by atoms with van der Waals surface area (Å²) in [6.07, 6.45) is 0.942. The van der Waals surface area contributed by atoms with Crippen molar-refractivity contribution in [3.63, 3.8) is 0 Å². The highest BCUT2D eigenvalue weighted by molar-refractivity contribution is 7.89. The van der Waals surface area contributed by atoms with Crippen LogP contribution in [-0.4, -0.2) is 20.8 Å². The molecule has 4 nitrogen and oxygen atoms in total. The van der Waals surface area contributed by atoms with Gasteiger partial charge in [0.05, 0.1) is 12.4 Å². The number of hydrogen-bond acceptors (Lipinski definition) is 3. The molecule has 0 spiro atoms. The highest BCUT2D eigenvalue weighted by Crippen LogP contribution is 2.28. The van der Waals surface area contributed by atoms with Crippen molar-refractivity contribution in [1.29, 1.82) is 0 Å². The fourth-order valence-corrected chi connectivity index (χ4v) is 3.04. The van der Waals surface area contributed by atoms with E-state index in [-0.39, 0.29) is 17.1 Å². The minimum atomic E-state index is -3.50. The Hall–Kier alpha value is -1.07. The lowest BCUT2D eigenvalue weighted by molar-refractivity contribution is 0.163. The lowest BCUT2D eigenvalue weighted by Gasteiger charge is -2.29. The zero-order chi connectivity index (χ0) is 15.4. The predicted octanol–water partition coefficient (Wildman–Crippen LogP) is 2.58. The summed E-state index contributed by atoms with van der Waals surface area (Å²) in [5, 5.41) is 5.16. The van der Waals surface area contributed by atoms with Gasteiger partial charge in [0.25, 0.3) is 0 Å². The molecule has 0 aromatic heterocycles. The summed E-state index contributed by atoms with van der Waals surface area (Å²) < 4.78 is 28.4. The second-order valence-electron chi connectivity index (χ2n) is 6.20. The van der Waals surface area contributed by atoms with Gasteiger partial charge in [0.1, 0.15) is 5.75 Å². The molecule has 0 saturated carbocycles. The maximum absolute atomic E-state index is 11.3. The molecule has 1 aromatic carbocycles. The first kappa shape index (κ1) is 17.0. The number of nitrogens with two attached hydrogens (primary N) is 1. The van der Waals surface area contributed by atoms with Gasteiger partial charge < -0.3 is 4.74 Å². The average Bonchev–Trinajstić information content (AvgIpc) is 2.32. The van der Waals surface area contributed by atoms with E-state index < -0.39 is 10.0 Å². The van der Waals surface area contributed by atoms with Crippen molar-refractivity contribution in [2.24, 2.45) is 16.5 Å². The van der Waals surface area contributed by atoms with Gasteiger partial charge in [-0.2, -0.15) is 0 Å². The van der Waals surface area contributed by atoms with E-state index in [4.69, 9.17) is 9.88 Å². The lowest BCUT2D eigenvalue weighted by Crippen LogP contribution is -2.35. The molecule has 1 atom stereocenters. The quantitative estimate of drug-likeness (QED) is 0.877. The Balaban J connectivity index is 2.76. The highest BCUT2D eigenvalue weighted by atomic mass is 32.2. The fraction of sp³-hybridized carbons (Fsp3) is 0.600. The van der Waals surface area contributed by atoms with Crippen LogP contribution in [0.4, 0.5) is 0 Å². The zero-order valence-electron chi connectivity index (χ0n) is 12.7. The van der Waals surface area contributed by atoms with Crippen molar-refractivity contribution >= 4 is 10.0 Å². The topological polar surface area (TPSA) is 69.4 Å². The Bertz CT molecular complexity index is 532. The largest absolute Gasteiger partial charge is 0.493 e. The maximum Gasteiger partial charge on any atom is 0.209 e. The first-order chi connectivity index (χ1) is 9.12. The van der Waals surface area contributed by atoms with Crippen LogP contribution in [0.15, 0.2) is 24.3 Å². The molecule has 0 fully saturated rings. The van der Waals surface area contributed by atoms with Gasteiger partial charge in [0.2, 0.25) is 10.0 Å². The molecule has 0 bridgehead atoms. The van der Waals surface area contributed by atoms with Crippen molar-refractivity contribution in [1.82, 2.24) is 0 Å². The molecule has 20 heavy (non-hydrogen) atoms. The monoisotopic (exact) mass is 299 g/mol. The van der Waals surface area contributed by atoms with Crippen molar-refractivity contribution in [3.05, 3.63) is 29.8 Å². The van der Waals surface area contributed by atoms with Gasteiger partial charge in [-0.15, -0.1) is 0 Å². The molecule has 5 heteroatoms. The van der Waals surface area contributed by atoms with Gasteiger partial charge in [0, 0.05) is 5.92 Å². The smallest absolute Gasteiger partial charge is 0.209 e. The molecule has 2 N–H and O–H groups in total. The van der Waals surface area contributed by atoms with Crippen LogP contribution >= 0.6 is 0 Å². The van der Waals surface area contributed by atoms with Crippen molar-refractivity contribution in [3.8, 4) is 5.75 Å². The summed E-state index contributed by atoms with van der Waals surface area (Å²) in [4.78, 5) is 0. The number of rotatable bonds is 6. The number of aryl methyl sites for hydroxylation is 1. The molecule has 1 rings (SSSR count). The van der Waals surface area contributed by atoms with E-state index in [0.29, 0.717) is 6.61 Å². The number of sulfonamides is 1. The van der Waals surface area contributed by atoms with E-state index >= 15 is 0 Å². The molecule has 1 aromatic rings. The summed E-state index contributed by atoms with van der Waals surface area (Å²) >= 11 is 0. The number of benzene rings is 1. The van der Waals surface area contributed by atoms with Crippen LogP contribution in [-0.2, 0) is 16.4 Å². The fourth-order valence-electron chi connectivity index (χ4n) is 1.88. The number of primary sulfonamides is 1. The van der Waals surface area contributed by atoms with E-state index in [1.54, 1.807) is 0 Å². The molecule has 0 aliphatic carbocycles. The standard InChI is InChI=1S/C15H25NO3S/c1-5-12-7-6-8-14(9-12)19-10-13(15(2,3)4)11-20(16,17)18/h6-9,13H,5,10-11H2,1-4H3,(H2,16,17,18). The van der Waals surface area contributed by atoms with Crippen LogP contribution < -0.4 is 9.88 Å². The Morgan fingerprint density at radius 1 is 1.30 bits per heavy atom. The average molecular weight is 299 g/mol.